The van der Waals surface area contributed by atoms with Crippen LogP contribution < -0.4 is 16.4 Å². The van der Waals surface area contributed by atoms with Crippen LogP contribution in [0.3, 0.4) is 0 Å². The number of nitrogens with one attached hydrogen (secondary N) is 2. The van der Waals surface area contributed by atoms with E-state index in [9.17, 15) is 9.59 Å². The van der Waals surface area contributed by atoms with Crippen molar-refractivity contribution in [1.29, 1.82) is 0 Å². The van der Waals surface area contributed by atoms with Crippen LogP contribution in [-0.4, -0.2) is 23.3 Å². The third-order valence-electron chi connectivity index (χ3n) is 1.88. The second-order valence-corrected chi connectivity index (χ2v) is 3.19. The Kier molecular flexibility index (Phi) is 3.82. The van der Waals surface area contributed by atoms with Gasteiger partial charge in [-0.15, -0.1) is 0 Å². The Labute approximate surface area is 93.2 Å². The highest BCUT2D eigenvalue weighted by Crippen LogP contribution is 2.24. The van der Waals surface area contributed by atoms with Gasteiger partial charge in [-0.2, -0.15) is 0 Å². The summed E-state index contributed by atoms with van der Waals surface area (Å²) in [5, 5.41) is 5.56. The predicted molar refractivity (Wildman–Crippen MR) is 61.2 cm³/mol. The molecular formula is C10H14N4O2. The topological polar surface area (TPSA) is 97.1 Å². The lowest BCUT2D eigenvalue weighted by Gasteiger charge is -2.13. The van der Waals surface area contributed by atoms with Gasteiger partial charge in [-0.1, -0.05) is 0 Å². The van der Waals surface area contributed by atoms with E-state index < -0.39 is 5.91 Å². The van der Waals surface area contributed by atoms with E-state index in [2.05, 4.69) is 15.6 Å². The number of anilines is 2. The molecule has 16 heavy (non-hydrogen) atoms. The molecule has 1 aromatic heterocycles. The minimum atomic E-state index is -0.587. The van der Waals surface area contributed by atoms with Crippen molar-refractivity contribution in [2.75, 3.05) is 17.2 Å². The lowest BCUT2D eigenvalue weighted by Crippen LogP contribution is -2.17. The van der Waals surface area contributed by atoms with Crippen LogP contribution in [0.15, 0.2) is 12.4 Å². The molecule has 0 spiro atoms. The van der Waals surface area contributed by atoms with Crippen LogP contribution in [-0.2, 0) is 4.79 Å². The normalized spacial score (nSPS) is 9.62. The first-order valence-electron chi connectivity index (χ1n) is 4.85. The fourth-order valence-electron chi connectivity index (χ4n) is 1.30. The first kappa shape index (κ1) is 12.0. The van der Waals surface area contributed by atoms with Crippen LogP contribution in [0.5, 0.6) is 0 Å². The highest BCUT2D eigenvalue weighted by atomic mass is 16.1. The molecule has 0 bridgehead atoms. The summed E-state index contributed by atoms with van der Waals surface area (Å²) in [4.78, 5) is 26.0. The zero-order valence-corrected chi connectivity index (χ0v) is 9.20. The van der Waals surface area contributed by atoms with Gasteiger partial charge in [-0.05, 0) is 6.92 Å². The van der Waals surface area contributed by atoms with Crippen molar-refractivity contribution in [3.05, 3.63) is 18.0 Å². The zero-order valence-electron chi connectivity index (χ0n) is 9.20. The first-order valence-corrected chi connectivity index (χ1v) is 4.85. The van der Waals surface area contributed by atoms with Crippen molar-refractivity contribution in [3.63, 3.8) is 0 Å². The Morgan fingerprint density at radius 3 is 2.62 bits per heavy atom. The summed E-state index contributed by atoms with van der Waals surface area (Å²) >= 11 is 0. The summed E-state index contributed by atoms with van der Waals surface area (Å²) in [6.45, 7) is 3.87. The van der Waals surface area contributed by atoms with Gasteiger partial charge in [0.1, 0.15) is 0 Å². The molecule has 6 nitrogen and oxygen atoms in total. The van der Waals surface area contributed by atoms with Gasteiger partial charge >= 0.3 is 0 Å². The molecule has 1 rings (SSSR count). The van der Waals surface area contributed by atoms with Crippen LogP contribution in [0.1, 0.15) is 24.2 Å². The maximum absolute atomic E-state index is 11.2. The second kappa shape index (κ2) is 5.11. The fourth-order valence-corrected chi connectivity index (χ4v) is 1.30. The molecule has 0 atom stereocenters. The molecule has 0 aliphatic rings. The third kappa shape index (κ3) is 2.69. The number of primary amides is 1. The average Bonchev–Trinajstić information content (AvgIpc) is 2.19. The Hall–Kier alpha value is -2.11. The number of nitrogens with two attached hydrogens (primary N) is 1. The molecule has 4 N–H and O–H groups in total. The van der Waals surface area contributed by atoms with Gasteiger partial charge < -0.3 is 16.4 Å². The molecule has 1 heterocycles. The molecule has 0 aromatic carbocycles. The van der Waals surface area contributed by atoms with Gasteiger partial charge in [-0.3, -0.25) is 14.6 Å². The number of hydrogen-bond donors (Lipinski definition) is 3. The summed E-state index contributed by atoms with van der Waals surface area (Å²) in [7, 11) is 0. The second-order valence-electron chi connectivity index (χ2n) is 3.19. The average molecular weight is 222 g/mol. The van der Waals surface area contributed by atoms with Crippen molar-refractivity contribution < 1.29 is 9.59 Å². The molecule has 1 aromatic rings. The summed E-state index contributed by atoms with van der Waals surface area (Å²) < 4.78 is 0. The molecule has 0 radical (unpaired) electrons. The maximum Gasteiger partial charge on any atom is 0.252 e. The molecule has 0 unspecified atom stereocenters. The van der Waals surface area contributed by atoms with E-state index in [0.29, 0.717) is 17.9 Å². The van der Waals surface area contributed by atoms with Gasteiger partial charge in [0, 0.05) is 19.7 Å². The largest absolute Gasteiger partial charge is 0.383 e. The fraction of sp³-hybridized carbons (Fsp3) is 0.300. The lowest BCUT2D eigenvalue weighted by atomic mass is 10.2. The summed E-state index contributed by atoms with van der Waals surface area (Å²) in [6.07, 6.45) is 2.83. The summed E-state index contributed by atoms with van der Waals surface area (Å²) in [5.74, 6) is -0.821. The zero-order chi connectivity index (χ0) is 12.1. The number of carbonyl (C=O) groups excluding carboxylic acids is 2. The highest BCUT2D eigenvalue weighted by Gasteiger charge is 2.13. The van der Waals surface area contributed by atoms with Crippen LogP contribution in [0.25, 0.3) is 0 Å². The smallest absolute Gasteiger partial charge is 0.252 e. The Bertz CT molecular complexity index is 417. The van der Waals surface area contributed by atoms with Crippen LogP contribution in [0.2, 0.25) is 0 Å². The molecule has 0 saturated carbocycles. The molecule has 6 heteroatoms. The number of nitrogens with zero attached hydrogens (tertiary/aromatic N) is 1. The monoisotopic (exact) mass is 222 g/mol. The van der Waals surface area contributed by atoms with E-state index in [1.165, 1.54) is 19.3 Å². The number of carbonyl (C=O) groups is 2. The molecule has 0 aliphatic carbocycles. The van der Waals surface area contributed by atoms with E-state index in [-0.39, 0.29) is 11.5 Å². The number of hydrogen-bond acceptors (Lipinski definition) is 4. The summed E-state index contributed by atoms with van der Waals surface area (Å²) in [6, 6.07) is 0. The first-order chi connectivity index (χ1) is 7.56. The van der Waals surface area contributed by atoms with Crippen molar-refractivity contribution in [2.45, 2.75) is 13.8 Å². The molecule has 0 fully saturated rings. The highest BCUT2D eigenvalue weighted by molar-refractivity contribution is 6.03. The third-order valence-corrected chi connectivity index (χ3v) is 1.88. The standard InChI is InChI=1S/C10H14N4O2/c1-3-13-9-7(10(11)16)4-12-5-8(9)14-6(2)15/h4-5H,3H2,1-2H3,(H2,11,16)(H,12,13)(H,14,15). The van der Waals surface area contributed by atoms with Crippen LogP contribution in [0.4, 0.5) is 11.4 Å². The van der Waals surface area contributed by atoms with Gasteiger partial charge in [0.15, 0.2) is 0 Å². The number of pyridine rings is 1. The number of rotatable bonds is 4. The molecule has 2 amide bonds. The molecule has 0 aliphatic heterocycles. The predicted octanol–water partition coefficient (Wildman–Crippen LogP) is 0.571. The number of amides is 2. The van der Waals surface area contributed by atoms with E-state index in [4.69, 9.17) is 5.73 Å². The van der Waals surface area contributed by atoms with E-state index in [1.807, 2.05) is 6.92 Å². The van der Waals surface area contributed by atoms with Gasteiger partial charge in [-0.25, -0.2) is 0 Å². The van der Waals surface area contributed by atoms with Crippen LogP contribution >= 0.6 is 0 Å². The SMILES string of the molecule is CCNc1c(NC(C)=O)cncc1C(N)=O. The van der Waals surface area contributed by atoms with Crippen molar-refractivity contribution in [1.82, 2.24) is 4.98 Å². The van der Waals surface area contributed by atoms with Gasteiger partial charge in [0.25, 0.3) is 5.91 Å². The summed E-state index contributed by atoms with van der Waals surface area (Å²) in [5.41, 5.74) is 6.42. The molecular weight excluding hydrogens is 208 g/mol. The lowest BCUT2D eigenvalue weighted by molar-refractivity contribution is -0.114. The van der Waals surface area contributed by atoms with Gasteiger partial charge in [0.05, 0.1) is 23.1 Å². The minimum absolute atomic E-state index is 0.234. The van der Waals surface area contributed by atoms with Crippen molar-refractivity contribution in [3.8, 4) is 0 Å². The van der Waals surface area contributed by atoms with Gasteiger partial charge in [0.2, 0.25) is 5.91 Å². The van der Waals surface area contributed by atoms with E-state index in [1.54, 1.807) is 0 Å². The van der Waals surface area contributed by atoms with Crippen molar-refractivity contribution in [2.24, 2.45) is 5.73 Å². The van der Waals surface area contributed by atoms with Crippen molar-refractivity contribution >= 4 is 23.2 Å². The molecule has 86 valence electrons. The van der Waals surface area contributed by atoms with E-state index >= 15 is 0 Å². The quantitative estimate of drug-likeness (QED) is 0.693. The Balaban J connectivity index is 3.20. The van der Waals surface area contributed by atoms with E-state index in [0.717, 1.165) is 0 Å². The molecule has 0 saturated heterocycles. The Morgan fingerprint density at radius 2 is 2.12 bits per heavy atom. The number of aromatic nitrogens is 1. The Morgan fingerprint density at radius 1 is 1.44 bits per heavy atom. The van der Waals surface area contributed by atoms with Crippen LogP contribution in [0, 0.1) is 0 Å². The maximum atomic E-state index is 11.2. The minimum Gasteiger partial charge on any atom is -0.383 e.